The molecule has 0 spiro atoms. The highest BCUT2D eigenvalue weighted by molar-refractivity contribution is 6.03. The highest BCUT2D eigenvalue weighted by Gasteiger charge is 2.14. The van der Waals surface area contributed by atoms with Crippen molar-refractivity contribution in [3.05, 3.63) is 47.1 Å². The third-order valence-corrected chi connectivity index (χ3v) is 2.52. The van der Waals surface area contributed by atoms with Crippen LogP contribution in [0.25, 0.3) is 0 Å². The lowest BCUT2D eigenvalue weighted by Gasteiger charge is -2.03. The minimum Gasteiger partial charge on any atom is -0.432 e. The molecule has 1 aromatic heterocycles. The van der Waals surface area contributed by atoms with E-state index in [2.05, 4.69) is 22.1 Å². The number of carbonyl (C=O) groups is 1. The first kappa shape index (κ1) is 14.8. The van der Waals surface area contributed by atoms with Crippen molar-refractivity contribution in [2.45, 2.75) is 13.3 Å². The Hall–Kier alpha value is -2.65. The third kappa shape index (κ3) is 3.91. The fourth-order valence-electron chi connectivity index (χ4n) is 1.57. The van der Waals surface area contributed by atoms with Crippen molar-refractivity contribution in [3.8, 4) is 11.8 Å². The van der Waals surface area contributed by atoms with Gasteiger partial charge in [0.1, 0.15) is 12.1 Å². The number of benzene rings is 1. The standard InChI is InChI=1S/C15H13FN2O3/c1-10-9-21-15(17-10)18-14(20)12-8-11(4-2-3-7-19)5-6-13(12)16/h5-6,8-9,19H,3,7H2,1H3,(H,17,18,20). The van der Waals surface area contributed by atoms with E-state index in [9.17, 15) is 9.18 Å². The summed E-state index contributed by atoms with van der Waals surface area (Å²) in [5.74, 6) is 4.12. The van der Waals surface area contributed by atoms with Crippen molar-refractivity contribution in [2.24, 2.45) is 0 Å². The number of nitrogens with zero attached hydrogens (tertiary/aromatic N) is 1. The van der Waals surface area contributed by atoms with Crippen LogP contribution in [0.15, 0.2) is 28.9 Å². The van der Waals surface area contributed by atoms with E-state index in [1.165, 1.54) is 24.5 Å². The summed E-state index contributed by atoms with van der Waals surface area (Å²) in [6, 6.07) is 3.98. The lowest BCUT2D eigenvalue weighted by molar-refractivity contribution is 0.102. The molecule has 2 aromatic rings. The Labute approximate surface area is 120 Å². The minimum atomic E-state index is -0.667. The van der Waals surface area contributed by atoms with Gasteiger partial charge in [0.15, 0.2) is 0 Å². The van der Waals surface area contributed by atoms with E-state index in [0.717, 1.165) is 0 Å². The Morgan fingerprint density at radius 1 is 1.52 bits per heavy atom. The van der Waals surface area contributed by atoms with E-state index in [0.29, 0.717) is 17.7 Å². The Morgan fingerprint density at radius 3 is 3.00 bits per heavy atom. The monoisotopic (exact) mass is 288 g/mol. The van der Waals surface area contributed by atoms with Crippen molar-refractivity contribution < 1.29 is 18.7 Å². The van der Waals surface area contributed by atoms with Crippen LogP contribution in [-0.4, -0.2) is 22.6 Å². The number of hydrogen-bond acceptors (Lipinski definition) is 4. The molecule has 21 heavy (non-hydrogen) atoms. The van der Waals surface area contributed by atoms with E-state index in [-0.39, 0.29) is 18.2 Å². The molecule has 1 aromatic carbocycles. The van der Waals surface area contributed by atoms with Gasteiger partial charge < -0.3 is 9.52 Å². The summed E-state index contributed by atoms with van der Waals surface area (Å²) in [4.78, 5) is 15.9. The molecule has 1 heterocycles. The van der Waals surface area contributed by atoms with Crippen LogP contribution < -0.4 is 5.32 Å². The Bertz CT molecular complexity index is 713. The van der Waals surface area contributed by atoms with Gasteiger partial charge in [-0.25, -0.2) is 4.39 Å². The Balaban J connectivity index is 2.20. The van der Waals surface area contributed by atoms with Gasteiger partial charge in [-0.2, -0.15) is 4.98 Å². The van der Waals surface area contributed by atoms with Crippen LogP contribution >= 0.6 is 0 Å². The highest BCUT2D eigenvalue weighted by Crippen LogP contribution is 2.13. The van der Waals surface area contributed by atoms with Gasteiger partial charge in [-0.1, -0.05) is 11.8 Å². The predicted molar refractivity (Wildman–Crippen MR) is 74.2 cm³/mol. The van der Waals surface area contributed by atoms with Crippen molar-refractivity contribution in [1.82, 2.24) is 4.98 Å². The molecule has 2 rings (SSSR count). The largest absolute Gasteiger partial charge is 0.432 e. The summed E-state index contributed by atoms with van der Waals surface area (Å²) >= 11 is 0. The summed E-state index contributed by atoms with van der Waals surface area (Å²) < 4.78 is 18.7. The SMILES string of the molecule is Cc1coc(NC(=O)c2cc(C#CCCO)ccc2F)n1. The number of oxazole rings is 1. The number of aliphatic hydroxyl groups is 1. The molecule has 108 valence electrons. The van der Waals surface area contributed by atoms with Gasteiger partial charge >= 0.3 is 6.01 Å². The van der Waals surface area contributed by atoms with Gasteiger partial charge in [0.2, 0.25) is 0 Å². The highest BCUT2D eigenvalue weighted by atomic mass is 19.1. The van der Waals surface area contributed by atoms with Gasteiger partial charge in [-0.05, 0) is 25.1 Å². The maximum absolute atomic E-state index is 13.7. The number of aryl methyl sites for hydroxylation is 1. The second-order valence-corrected chi connectivity index (χ2v) is 4.22. The second kappa shape index (κ2) is 6.68. The fraction of sp³-hybridized carbons (Fsp3) is 0.200. The van der Waals surface area contributed by atoms with Gasteiger partial charge in [0.05, 0.1) is 17.9 Å². The molecule has 0 unspecified atom stereocenters. The molecular weight excluding hydrogens is 275 g/mol. The fourth-order valence-corrected chi connectivity index (χ4v) is 1.57. The van der Waals surface area contributed by atoms with Gasteiger partial charge in [0.25, 0.3) is 5.91 Å². The zero-order valence-electron chi connectivity index (χ0n) is 11.3. The molecular formula is C15H13FN2O3. The van der Waals surface area contributed by atoms with Crippen molar-refractivity contribution in [1.29, 1.82) is 0 Å². The average molecular weight is 288 g/mol. The molecule has 5 nitrogen and oxygen atoms in total. The summed E-state index contributed by atoms with van der Waals surface area (Å²) in [5.41, 5.74) is 0.939. The van der Waals surface area contributed by atoms with E-state index in [4.69, 9.17) is 9.52 Å². The molecule has 6 heteroatoms. The van der Waals surface area contributed by atoms with Crippen LogP contribution in [0.2, 0.25) is 0 Å². The van der Waals surface area contributed by atoms with Crippen molar-refractivity contribution >= 4 is 11.9 Å². The number of aliphatic hydroxyl groups excluding tert-OH is 1. The maximum atomic E-state index is 13.7. The first-order valence-corrected chi connectivity index (χ1v) is 6.23. The number of hydrogen-bond donors (Lipinski definition) is 2. The quantitative estimate of drug-likeness (QED) is 0.848. The second-order valence-electron chi connectivity index (χ2n) is 4.22. The van der Waals surface area contributed by atoms with Crippen LogP contribution in [0.4, 0.5) is 10.4 Å². The smallest absolute Gasteiger partial charge is 0.301 e. The first-order valence-electron chi connectivity index (χ1n) is 6.23. The molecule has 0 radical (unpaired) electrons. The van der Waals surface area contributed by atoms with Crippen LogP contribution in [-0.2, 0) is 0 Å². The molecule has 0 aliphatic heterocycles. The number of rotatable bonds is 3. The van der Waals surface area contributed by atoms with Crippen LogP contribution in [0.1, 0.15) is 28.0 Å². The maximum Gasteiger partial charge on any atom is 0.301 e. The normalized spacial score (nSPS) is 9.86. The molecule has 0 aliphatic rings. The van der Waals surface area contributed by atoms with Crippen molar-refractivity contribution in [3.63, 3.8) is 0 Å². The third-order valence-electron chi connectivity index (χ3n) is 2.52. The average Bonchev–Trinajstić information content (AvgIpc) is 2.86. The summed E-state index contributed by atoms with van der Waals surface area (Å²) in [7, 11) is 0. The van der Waals surface area contributed by atoms with Gasteiger partial charge in [-0.15, -0.1) is 0 Å². The van der Waals surface area contributed by atoms with Crippen LogP contribution in [0.3, 0.4) is 0 Å². The topological polar surface area (TPSA) is 75.4 Å². The number of carbonyl (C=O) groups excluding carboxylic acids is 1. The van der Waals surface area contributed by atoms with Gasteiger partial charge in [-0.3, -0.25) is 10.1 Å². The van der Waals surface area contributed by atoms with Crippen LogP contribution in [0.5, 0.6) is 0 Å². The Morgan fingerprint density at radius 2 is 2.33 bits per heavy atom. The molecule has 0 saturated heterocycles. The molecule has 0 bridgehead atoms. The lowest BCUT2D eigenvalue weighted by Crippen LogP contribution is -2.14. The molecule has 0 fully saturated rings. The number of nitrogens with one attached hydrogen (secondary N) is 1. The zero-order chi connectivity index (χ0) is 15.2. The van der Waals surface area contributed by atoms with Gasteiger partial charge in [0, 0.05) is 12.0 Å². The summed E-state index contributed by atoms with van der Waals surface area (Å²) in [6.07, 6.45) is 1.69. The zero-order valence-corrected chi connectivity index (χ0v) is 11.3. The number of halogens is 1. The Kier molecular flexibility index (Phi) is 4.69. The summed E-state index contributed by atoms with van der Waals surface area (Å²) in [6.45, 7) is 1.65. The molecule has 2 N–H and O–H groups in total. The molecule has 0 atom stereocenters. The molecule has 1 amide bonds. The summed E-state index contributed by atoms with van der Waals surface area (Å²) in [5, 5.41) is 11.0. The first-order chi connectivity index (χ1) is 10.1. The number of anilines is 1. The molecule has 0 saturated carbocycles. The lowest BCUT2D eigenvalue weighted by atomic mass is 10.1. The van der Waals surface area contributed by atoms with E-state index in [1.54, 1.807) is 6.92 Å². The van der Waals surface area contributed by atoms with E-state index < -0.39 is 11.7 Å². The van der Waals surface area contributed by atoms with Crippen LogP contribution in [0, 0.1) is 24.6 Å². The number of aromatic nitrogens is 1. The van der Waals surface area contributed by atoms with Crippen molar-refractivity contribution in [2.75, 3.05) is 11.9 Å². The minimum absolute atomic E-state index is 0.00803. The number of amides is 1. The predicted octanol–water partition coefficient (Wildman–Crippen LogP) is 2.11. The van der Waals surface area contributed by atoms with E-state index >= 15 is 0 Å². The van der Waals surface area contributed by atoms with E-state index in [1.807, 2.05) is 0 Å². The molecule has 0 aliphatic carbocycles.